The lowest BCUT2D eigenvalue weighted by Gasteiger charge is -2.11. The number of hydrogen-bond acceptors (Lipinski definition) is 6. The number of tetrazole rings is 1. The van der Waals surface area contributed by atoms with Crippen molar-refractivity contribution in [1.29, 1.82) is 0 Å². The molecule has 0 aliphatic carbocycles. The molecule has 11 nitrogen and oxygen atoms in total. The molecule has 3 aromatic heterocycles. The predicted molar refractivity (Wildman–Crippen MR) is 134 cm³/mol. The van der Waals surface area contributed by atoms with E-state index >= 15 is 0 Å². The Morgan fingerprint density at radius 3 is 2.56 bits per heavy atom. The number of amides is 1. The molecule has 0 radical (unpaired) electrons. The zero-order valence-corrected chi connectivity index (χ0v) is 19.8. The molecule has 0 saturated carbocycles. The number of aromatic nitrogens is 7. The summed E-state index contributed by atoms with van der Waals surface area (Å²) in [6.45, 7) is 0.160. The van der Waals surface area contributed by atoms with Gasteiger partial charge in [-0.25, -0.2) is 9.78 Å². The van der Waals surface area contributed by atoms with Gasteiger partial charge in [-0.3, -0.25) is 10.1 Å². The second kappa shape index (κ2) is 9.64. The molecule has 0 unspecified atom stereocenters. The Morgan fingerprint density at radius 2 is 1.86 bits per heavy atom. The van der Waals surface area contributed by atoms with Crippen LogP contribution in [0, 0.1) is 0 Å². The van der Waals surface area contributed by atoms with Gasteiger partial charge in [0.25, 0.3) is 5.56 Å². The number of carbonyl (C=O) groups is 1. The molecular weight excluding hydrogens is 507 g/mol. The third kappa shape index (κ3) is 4.83. The summed E-state index contributed by atoms with van der Waals surface area (Å²) in [4.78, 5) is 31.2. The minimum Gasteiger partial charge on any atom is -0.465 e. The van der Waals surface area contributed by atoms with Gasteiger partial charge in [0.2, 0.25) is 0 Å². The van der Waals surface area contributed by atoms with E-state index in [9.17, 15) is 9.59 Å². The lowest BCUT2D eigenvalue weighted by molar-refractivity contribution is 0.209. The Hall–Kier alpha value is -4.48. The number of benzene rings is 2. The lowest BCUT2D eigenvalue weighted by atomic mass is 10.0. The van der Waals surface area contributed by atoms with Crippen molar-refractivity contribution in [3.63, 3.8) is 0 Å². The highest BCUT2D eigenvalue weighted by Crippen LogP contribution is 2.29. The molecule has 0 aliphatic rings. The maximum Gasteiger partial charge on any atom is 0.409 e. The van der Waals surface area contributed by atoms with E-state index < -0.39 is 6.09 Å². The van der Waals surface area contributed by atoms with Crippen LogP contribution >= 0.6 is 23.2 Å². The average molecular weight is 523 g/mol. The Labute approximate surface area is 213 Å². The molecule has 0 spiro atoms. The van der Waals surface area contributed by atoms with Crippen LogP contribution in [-0.4, -0.2) is 45.9 Å². The highest BCUT2D eigenvalue weighted by molar-refractivity contribution is 6.32. The number of rotatable bonds is 6. The first-order chi connectivity index (χ1) is 17.4. The first-order valence-corrected chi connectivity index (χ1v) is 11.2. The van der Waals surface area contributed by atoms with Crippen molar-refractivity contribution >= 4 is 35.0 Å². The van der Waals surface area contributed by atoms with Crippen molar-refractivity contribution in [2.24, 2.45) is 0 Å². The molecule has 3 heterocycles. The van der Waals surface area contributed by atoms with Crippen molar-refractivity contribution in [3.8, 4) is 28.1 Å². The monoisotopic (exact) mass is 522 g/mol. The Morgan fingerprint density at radius 1 is 1.06 bits per heavy atom. The number of anilines is 1. The molecule has 0 bridgehead atoms. The fourth-order valence-corrected chi connectivity index (χ4v) is 4.11. The van der Waals surface area contributed by atoms with Crippen molar-refractivity contribution in [3.05, 3.63) is 93.5 Å². The average Bonchev–Trinajstić information content (AvgIpc) is 3.50. The van der Waals surface area contributed by atoms with Crippen LogP contribution in [-0.2, 0) is 6.54 Å². The van der Waals surface area contributed by atoms with Crippen LogP contribution < -0.4 is 10.9 Å². The number of hydrogen-bond donors (Lipinski definition) is 3. The third-order valence-corrected chi connectivity index (χ3v) is 5.81. The van der Waals surface area contributed by atoms with Gasteiger partial charge in [-0.15, -0.1) is 5.10 Å². The zero-order chi connectivity index (χ0) is 25.2. The van der Waals surface area contributed by atoms with E-state index in [4.69, 9.17) is 28.3 Å². The van der Waals surface area contributed by atoms with Gasteiger partial charge >= 0.3 is 6.09 Å². The van der Waals surface area contributed by atoms with Gasteiger partial charge in [0.15, 0.2) is 0 Å². The summed E-state index contributed by atoms with van der Waals surface area (Å²) in [5.74, 6) is 0.481. The van der Waals surface area contributed by atoms with Crippen molar-refractivity contribution in [1.82, 2.24) is 34.7 Å². The summed E-state index contributed by atoms with van der Waals surface area (Å²) in [5.41, 5.74) is 3.37. The largest absolute Gasteiger partial charge is 0.465 e. The minimum absolute atomic E-state index is 0.160. The second-order valence-corrected chi connectivity index (χ2v) is 8.47. The van der Waals surface area contributed by atoms with E-state index in [-0.39, 0.29) is 12.1 Å². The predicted octanol–water partition coefficient (Wildman–Crippen LogP) is 4.33. The van der Waals surface area contributed by atoms with Crippen molar-refractivity contribution in [2.45, 2.75) is 6.54 Å². The SMILES string of the molecule is O=C(O)Nc1ccc(-c2nc(Cn3ccc(-c4cc(Cl)ccc4-n4cnnn4)cc3=O)[nH]c2Cl)cc1. The number of nitrogens with one attached hydrogen (secondary N) is 2. The lowest BCUT2D eigenvalue weighted by Crippen LogP contribution is -2.19. The van der Waals surface area contributed by atoms with Crippen LogP contribution in [0.4, 0.5) is 10.5 Å². The number of H-pyrrole nitrogens is 1. The maximum atomic E-state index is 12.9. The summed E-state index contributed by atoms with van der Waals surface area (Å²) < 4.78 is 2.98. The molecule has 180 valence electrons. The Balaban J connectivity index is 1.41. The van der Waals surface area contributed by atoms with Crippen molar-refractivity contribution in [2.75, 3.05) is 5.32 Å². The van der Waals surface area contributed by atoms with Crippen molar-refractivity contribution < 1.29 is 9.90 Å². The number of imidazole rings is 1. The van der Waals surface area contributed by atoms with Gasteiger partial charge in [-0.2, -0.15) is 4.68 Å². The van der Waals surface area contributed by atoms with Crippen LogP contribution in [0.5, 0.6) is 0 Å². The number of carboxylic acid groups (broad SMARTS) is 1. The zero-order valence-electron chi connectivity index (χ0n) is 18.3. The first-order valence-electron chi connectivity index (χ1n) is 10.5. The van der Waals surface area contributed by atoms with E-state index in [0.717, 1.165) is 0 Å². The third-order valence-electron chi connectivity index (χ3n) is 5.30. The minimum atomic E-state index is -1.15. The molecule has 0 atom stereocenters. The molecule has 3 N–H and O–H groups in total. The maximum absolute atomic E-state index is 12.9. The molecule has 0 saturated heterocycles. The van der Waals surface area contributed by atoms with Crippen LogP contribution in [0.3, 0.4) is 0 Å². The number of pyridine rings is 1. The Bertz CT molecular complexity index is 1610. The quantitative estimate of drug-likeness (QED) is 0.301. The van der Waals surface area contributed by atoms with E-state index in [2.05, 4.69) is 30.8 Å². The van der Waals surface area contributed by atoms with E-state index in [0.29, 0.717) is 49.8 Å². The molecule has 13 heteroatoms. The number of halogens is 2. The van der Waals surface area contributed by atoms with Gasteiger partial charge in [-0.1, -0.05) is 35.3 Å². The molecule has 1 amide bonds. The standard InChI is InChI=1S/C23H16Cl2N8O3/c24-15-3-6-18(33-12-26-30-31-33)17(10-15)14-7-8-32(20(34)9-14)11-19-28-21(22(25)29-19)13-1-4-16(5-2-13)27-23(35)36/h1-10,12,27H,11H2,(H,28,29)(H,35,36). The molecule has 0 fully saturated rings. The highest BCUT2D eigenvalue weighted by Gasteiger charge is 2.14. The molecule has 2 aromatic carbocycles. The summed E-state index contributed by atoms with van der Waals surface area (Å²) in [6, 6.07) is 15.1. The summed E-state index contributed by atoms with van der Waals surface area (Å²) in [6.07, 6.45) is 1.97. The van der Waals surface area contributed by atoms with Gasteiger partial charge in [0.05, 0.1) is 12.2 Å². The van der Waals surface area contributed by atoms with Gasteiger partial charge in [-0.05, 0) is 52.4 Å². The van der Waals surface area contributed by atoms with Crippen LogP contribution in [0.2, 0.25) is 10.2 Å². The smallest absolute Gasteiger partial charge is 0.409 e. The molecule has 36 heavy (non-hydrogen) atoms. The second-order valence-electron chi connectivity index (χ2n) is 7.65. The summed E-state index contributed by atoms with van der Waals surface area (Å²) in [7, 11) is 0. The number of nitrogens with zero attached hydrogens (tertiary/aromatic N) is 6. The molecular formula is C23H16Cl2N8O3. The fraction of sp³-hybridized carbons (Fsp3) is 0.0435. The summed E-state index contributed by atoms with van der Waals surface area (Å²) in [5, 5.41) is 23.2. The van der Waals surface area contributed by atoms with E-state index in [1.807, 2.05) is 0 Å². The van der Waals surface area contributed by atoms with Gasteiger partial charge < -0.3 is 14.7 Å². The van der Waals surface area contributed by atoms with Crippen LogP contribution in [0.15, 0.2) is 71.9 Å². The highest BCUT2D eigenvalue weighted by atomic mass is 35.5. The Kier molecular flexibility index (Phi) is 6.23. The van der Waals surface area contributed by atoms with Gasteiger partial charge in [0.1, 0.15) is 23.0 Å². The van der Waals surface area contributed by atoms with Crippen LogP contribution in [0.1, 0.15) is 5.82 Å². The normalized spacial score (nSPS) is 10.9. The number of aromatic amines is 1. The first kappa shape index (κ1) is 23.3. The fourth-order valence-electron chi connectivity index (χ4n) is 3.68. The van der Waals surface area contributed by atoms with Crippen LogP contribution in [0.25, 0.3) is 28.1 Å². The molecule has 0 aliphatic heterocycles. The van der Waals surface area contributed by atoms with E-state index in [1.54, 1.807) is 54.7 Å². The van der Waals surface area contributed by atoms with Gasteiger partial charge in [0, 0.05) is 34.1 Å². The molecule has 5 aromatic rings. The topological polar surface area (TPSA) is 144 Å². The summed E-state index contributed by atoms with van der Waals surface area (Å²) >= 11 is 12.6. The van der Waals surface area contributed by atoms with E-state index in [1.165, 1.54) is 21.6 Å². The molecule has 5 rings (SSSR count).